The average molecular weight is 243 g/mol. The zero-order valence-electron chi connectivity index (χ0n) is 8.78. The van der Waals surface area contributed by atoms with E-state index in [1.807, 2.05) is 0 Å². The van der Waals surface area contributed by atoms with E-state index in [2.05, 4.69) is 5.32 Å². The van der Waals surface area contributed by atoms with Gasteiger partial charge in [0.2, 0.25) is 0 Å². The smallest absolute Gasteiger partial charge is 0.307 e. The number of rotatable bonds is 2. The number of benzene rings is 1. The lowest BCUT2D eigenvalue weighted by Gasteiger charge is -2.12. The van der Waals surface area contributed by atoms with Crippen LogP contribution in [-0.4, -0.2) is 22.7 Å². The van der Waals surface area contributed by atoms with Gasteiger partial charge < -0.3 is 15.5 Å². The highest BCUT2D eigenvalue weighted by Crippen LogP contribution is 2.32. The Morgan fingerprint density at radius 3 is 2.65 bits per heavy atom. The fraction of sp³-hybridized carbons (Fsp3) is 0.364. The summed E-state index contributed by atoms with van der Waals surface area (Å²) in [6.07, 6.45) is 0.220. The second-order valence-corrected chi connectivity index (χ2v) is 4.06. The van der Waals surface area contributed by atoms with Crippen molar-refractivity contribution in [1.29, 1.82) is 0 Å². The zero-order chi connectivity index (χ0) is 12.6. The molecular formula is C11H11F2NO3. The Kier molecular flexibility index (Phi) is 2.97. The SMILES string of the molecule is O=C(O)C1CNC(c2cc(O)c(F)cc2F)C1. The molecule has 2 atom stereocenters. The van der Waals surface area contributed by atoms with Crippen LogP contribution in [0.3, 0.4) is 0 Å². The molecule has 0 aromatic heterocycles. The van der Waals surface area contributed by atoms with Crippen LogP contribution in [0.4, 0.5) is 8.78 Å². The molecule has 2 unspecified atom stereocenters. The number of phenolic OH excluding ortho intramolecular Hbond substituents is 1. The van der Waals surface area contributed by atoms with Crippen LogP contribution in [0.15, 0.2) is 12.1 Å². The summed E-state index contributed by atoms with van der Waals surface area (Å²) >= 11 is 0. The number of carboxylic acid groups (broad SMARTS) is 1. The molecule has 1 fully saturated rings. The van der Waals surface area contributed by atoms with Crippen molar-refractivity contribution >= 4 is 5.97 Å². The van der Waals surface area contributed by atoms with E-state index in [0.717, 1.165) is 6.07 Å². The van der Waals surface area contributed by atoms with Gasteiger partial charge in [0.05, 0.1) is 5.92 Å². The number of carboxylic acids is 1. The Morgan fingerprint density at radius 2 is 2.06 bits per heavy atom. The van der Waals surface area contributed by atoms with E-state index in [-0.39, 0.29) is 18.5 Å². The minimum atomic E-state index is -1.03. The van der Waals surface area contributed by atoms with Crippen molar-refractivity contribution in [2.45, 2.75) is 12.5 Å². The molecule has 17 heavy (non-hydrogen) atoms. The third kappa shape index (κ3) is 2.21. The maximum atomic E-state index is 13.5. The van der Waals surface area contributed by atoms with E-state index in [1.54, 1.807) is 0 Å². The maximum absolute atomic E-state index is 13.5. The number of aromatic hydroxyl groups is 1. The number of hydrogen-bond donors (Lipinski definition) is 3. The molecule has 0 amide bonds. The standard InChI is InChI=1S/C11H11F2NO3/c12-7-3-8(13)10(15)2-6(7)9-1-5(4-14-9)11(16)17/h2-3,5,9,14-15H,1,4H2,(H,16,17). The van der Waals surface area contributed by atoms with E-state index >= 15 is 0 Å². The molecular weight excluding hydrogens is 232 g/mol. The van der Waals surface area contributed by atoms with Crippen LogP contribution >= 0.6 is 0 Å². The summed E-state index contributed by atoms with van der Waals surface area (Å²) in [5.74, 6) is -4.00. The van der Waals surface area contributed by atoms with E-state index in [9.17, 15) is 18.7 Å². The van der Waals surface area contributed by atoms with E-state index < -0.39 is 35.3 Å². The topological polar surface area (TPSA) is 69.6 Å². The van der Waals surface area contributed by atoms with Crippen LogP contribution in [0.1, 0.15) is 18.0 Å². The van der Waals surface area contributed by atoms with Gasteiger partial charge in [-0.1, -0.05) is 0 Å². The van der Waals surface area contributed by atoms with Gasteiger partial charge in [0.15, 0.2) is 11.6 Å². The Hall–Kier alpha value is -1.69. The first-order chi connectivity index (χ1) is 7.99. The lowest BCUT2D eigenvalue weighted by molar-refractivity contribution is -0.141. The summed E-state index contributed by atoms with van der Waals surface area (Å²) in [7, 11) is 0. The summed E-state index contributed by atoms with van der Waals surface area (Å²) in [5.41, 5.74) is 0.0904. The highest BCUT2D eigenvalue weighted by molar-refractivity contribution is 5.70. The Morgan fingerprint density at radius 1 is 1.35 bits per heavy atom. The minimum Gasteiger partial charge on any atom is -0.505 e. The van der Waals surface area contributed by atoms with Crippen LogP contribution in [0.2, 0.25) is 0 Å². The van der Waals surface area contributed by atoms with Crippen molar-refractivity contribution in [3.05, 3.63) is 29.3 Å². The third-order valence-electron chi connectivity index (χ3n) is 2.92. The summed E-state index contributed by atoms with van der Waals surface area (Å²) in [5, 5.41) is 20.8. The Labute approximate surface area is 95.9 Å². The van der Waals surface area contributed by atoms with Crippen molar-refractivity contribution in [1.82, 2.24) is 5.32 Å². The van der Waals surface area contributed by atoms with E-state index in [0.29, 0.717) is 6.07 Å². The van der Waals surface area contributed by atoms with Gasteiger partial charge in [-0.15, -0.1) is 0 Å². The number of aliphatic carboxylic acids is 1. The summed E-state index contributed by atoms with van der Waals surface area (Å²) in [4.78, 5) is 10.7. The van der Waals surface area contributed by atoms with Gasteiger partial charge in [-0.25, -0.2) is 8.78 Å². The first-order valence-corrected chi connectivity index (χ1v) is 5.13. The largest absolute Gasteiger partial charge is 0.505 e. The molecule has 4 nitrogen and oxygen atoms in total. The molecule has 92 valence electrons. The normalized spacial score (nSPS) is 23.9. The molecule has 0 radical (unpaired) electrons. The number of phenols is 1. The quantitative estimate of drug-likeness (QED) is 0.734. The molecule has 0 aliphatic carbocycles. The van der Waals surface area contributed by atoms with Crippen LogP contribution in [0, 0.1) is 17.6 Å². The molecule has 1 aromatic rings. The first kappa shape index (κ1) is 11.8. The molecule has 1 aliphatic rings. The molecule has 1 aliphatic heterocycles. The molecule has 3 N–H and O–H groups in total. The molecule has 0 saturated carbocycles. The van der Waals surface area contributed by atoms with Crippen molar-refractivity contribution in [3.63, 3.8) is 0 Å². The van der Waals surface area contributed by atoms with Crippen LogP contribution in [-0.2, 0) is 4.79 Å². The second-order valence-electron chi connectivity index (χ2n) is 4.06. The van der Waals surface area contributed by atoms with Gasteiger partial charge in [-0.05, 0) is 12.5 Å². The van der Waals surface area contributed by atoms with Gasteiger partial charge in [0, 0.05) is 24.2 Å². The highest BCUT2D eigenvalue weighted by Gasteiger charge is 2.32. The van der Waals surface area contributed by atoms with Crippen molar-refractivity contribution in [2.24, 2.45) is 5.92 Å². The summed E-state index contributed by atoms with van der Waals surface area (Å²) < 4.78 is 26.3. The average Bonchev–Trinajstić information content (AvgIpc) is 2.72. The fourth-order valence-electron chi connectivity index (χ4n) is 1.98. The molecule has 0 bridgehead atoms. The van der Waals surface area contributed by atoms with Crippen LogP contribution in [0.5, 0.6) is 5.75 Å². The van der Waals surface area contributed by atoms with Crippen molar-refractivity contribution in [3.8, 4) is 5.75 Å². The van der Waals surface area contributed by atoms with Crippen molar-refractivity contribution in [2.75, 3.05) is 6.54 Å². The van der Waals surface area contributed by atoms with E-state index in [1.165, 1.54) is 0 Å². The number of hydrogen-bond acceptors (Lipinski definition) is 3. The molecule has 1 aromatic carbocycles. The monoisotopic (exact) mass is 243 g/mol. The lowest BCUT2D eigenvalue weighted by atomic mass is 9.99. The Balaban J connectivity index is 2.24. The van der Waals surface area contributed by atoms with Crippen molar-refractivity contribution < 1.29 is 23.8 Å². The fourth-order valence-corrected chi connectivity index (χ4v) is 1.98. The predicted molar refractivity (Wildman–Crippen MR) is 54.5 cm³/mol. The Bertz CT molecular complexity index is 464. The summed E-state index contributed by atoms with van der Waals surface area (Å²) in [6, 6.07) is 1.08. The minimum absolute atomic E-state index is 0.0904. The van der Waals surface area contributed by atoms with Gasteiger partial charge >= 0.3 is 5.97 Å². The second kappa shape index (κ2) is 4.29. The zero-order valence-corrected chi connectivity index (χ0v) is 8.78. The lowest BCUT2D eigenvalue weighted by Crippen LogP contribution is -2.17. The molecule has 1 saturated heterocycles. The molecule has 1 heterocycles. The predicted octanol–water partition coefficient (Wildman–Crippen LogP) is 1.41. The number of carbonyl (C=O) groups is 1. The maximum Gasteiger partial charge on any atom is 0.307 e. The molecule has 6 heteroatoms. The molecule has 2 rings (SSSR count). The summed E-state index contributed by atoms with van der Waals surface area (Å²) in [6.45, 7) is 0.234. The first-order valence-electron chi connectivity index (χ1n) is 5.13. The number of nitrogens with one attached hydrogen (secondary N) is 1. The van der Waals surface area contributed by atoms with Gasteiger partial charge in [-0.3, -0.25) is 4.79 Å². The van der Waals surface area contributed by atoms with Gasteiger partial charge in [-0.2, -0.15) is 0 Å². The van der Waals surface area contributed by atoms with Crippen LogP contribution < -0.4 is 5.32 Å². The highest BCUT2D eigenvalue weighted by atomic mass is 19.1. The van der Waals surface area contributed by atoms with Crippen LogP contribution in [0.25, 0.3) is 0 Å². The third-order valence-corrected chi connectivity index (χ3v) is 2.92. The van der Waals surface area contributed by atoms with Gasteiger partial charge in [0.1, 0.15) is 5.82 Å². The van der Waals surface area contributed by atoms with E-state index in [4.69, 9.17) is 5.11 Å². The van der Waals surface area contributed by atoms with Gasteiger partial charge in [0.25, 0.3) is 0 Å². The molecule has 0 spiro atoms. The number of halogens is 2.